The third-order valence-corrected chi connectivity index (χ3v) is 9.61. The fourth-order valence-corrected chi connectivity index (χ4v) is 8.15. The maximum Gasteiger partial charge on any atom is 0.217 e. The van der Waals surface area contributed by atoms with Crippen LogP contribution >= 0.6 is 0 Å². The maximum absolute atomic E-state index is 15.2. The Morgan fingerprint density at radius 2 is 1.59 bits per heavy atom. The minimum absolute atomic E-state index is 0.0219. The number of benzene rings is 4. The Bertz CT molecular complexity index is 1720. The second-order valence-electron chi connectivity index (χ2n) is 11.7. The minimum atomic E-state index is -1.26. The van der Waals surface area contributed by atoms with E-state index < -0.39 is 16.9 Å². The molecule has 1 heterocycles. The summed E-state index contributed by atoms with van der Waals surface area (Å²) in [6, 6.07) is 31.5. The molecule has 41 heavy (non-hydrogen) atoms. The van der Waals surface area contributed by atoms with Gasteiger partial charge < -0.3 is 5.73 Å². The van der Waals surface area contributed by atoms with Crippen LogP contribution in [-0.2, 0) is 15.1 Å². The number of carbonyl (C=O) groups excluding carboxylic acids is 3. The molecule has 1 amide bonds. The van der Waals surface area contributed by atoms with Gasteiger partial charge in [-0.15, -0.1) is 0 Å². The lowest BCUT2D eigenvalue weighted by Crippen LogP contribution is -2.59. The van der Waals surface area contributed by atoms with E-state index in [4.69, 9.17) is 5.73 Å². The third kappa shape index (κ3) is 3.62. The first-order valence-electron chi connectivity index (χ1n) is 14.5. The zero-order valence-electron chi connectivity index (χ0n) is 22.8. The van der Waals surface area contributed by atoms with Crippen LogP contribution in [-0.4, -0.2) is 23.5 Å². The van der Waals surface area contributed by atoms with Crippen LogP contribution in [0, 0.1) is 5.41 Å². The van der Waals surface area contributed by atoms with Crippen LogP contribution in [0.5, 0.6) is 0 Å². The van der Waals surface area contributed by atoms with Crippen LogP contribution in [0.4, 0.5) is 0 Å². The fourth-order valence-electron chi connectivity index (χ4n) is 8.15. The Kier molecular flexibility index (Phi) is 6.02. The number of hydrogen-bond donors (Lipinski definition) is 2. The first-order chi connectivity index (χ1) is 20.0. The summed E-state index contributed by atoms with van der Waals surface area (Å²) in [6.07, 6.45) is 4.60. The second kappa shape index (κ2) is 9.64. The molecule has 5 heteroatoms. The molecule has 2 spiro atoms. The number of fused-ring (bicyclic) bond motifs is 2. The Morgan fingerprint density at radius 3 is 2.32 bits per heavy atom. The number of rotatable bonds is 5. The van der Waals surface area contributed by atoms with Gasteiger partial charge in [0.25, 0.3) is 0 Å². The molecule has 0 aromatic heterocycles. The zero-order chi connectivity index (χ0) is 28.2. The molecule has 204 valence electrons. The van der Waals surface area contributed by atoms with Crippen LogP contribution in [0.3, 0.4) is 0 Å². The van der Waals surface area contributed by atoms with Crippen molar-refractivity contribution < 1.29 is 14.4 Å². The highest BCUT2D eigenvalue weighted by molar-refractivity contribution is 6.24. The highest BCUT2D eigenvalue weighted by atomic mass is 16.1. The van der Waals surface area contributed by atoms with Gasteiger partial charge in [0, 0.05) is 23.9 Å². The molecule has 1 saturated carbocycles. The van der Waals surface area contributed by atoms with Crippen molar-refractivity contribution in [3.63, 3.8) is 0 Å². The Morgan fingerprint density at radius 1 is 0.878 bits per heavy atom. The lowest BCUT2D eigenvalue weighted by atomic mass is 9.52. The van der Waals surface area contributed by atoms with Gasteiger partial charge in [-0.05, 0) is 64.8 Å². The Labute approximate surface area is 239 Å². The largest absolute Gasteiger partial charge is 0.370 e. The molecule has 3 aliphatic rings. The maximum atomic E-state index is 15.2. The van der Waals surface area contributed by atoms with E-state index in [1.807, 2.05) is 91.0 Å². The number of ketones is 2. The van der Waals surface area contributed by atoms with Gasteiger partial charge in [0.15, 0.2) is 11.6 Å². The Balaban J connectivity index is 1.52. The second-order valence-corrected chi connectivity index (χ2v) is 11.7. The van der Waals surface area contributed by atoms with Crippen LogP contribution in [0.2, 0.25) is 0 Å². The molecule has 4 aromatic rings. The van der Waals surface area contributed by atoms with E-state index in [1.54, 1.807) is 0 Å². The van der Waals surface area contributed by atoms with E-state index in [0.29, 0.717) is 24.8 Å². The number of allylic oxidation sites excluding steroid dienone is 1. The van der Waals surface area contributed by atoms with Gasteiger partial charge in [0.05, 0.1) is 5.41 Å². The van der Waals surface area contributed by atoms with Crippen molar-refractivity contribution in [1.82, 2.24) is 5.32 Å². The summed E-state index contributed by atoms with van der Waals surface area (Å²) in [5.41, 5.74) is 7.55. The van der Waals surface area contributed by atoms with Crippen molar-refractivity contribution >= 4 is 34.3 Å². The molecule has 2 aliphatic carbocycles. The van der Waals surface area contributed by atoms with Gasteiger partial charge in [0.2, 0.25) is 5.91 Å². The number of nitrogens with one attached hydrogen (secondary N) is 1. The summed E-state index contributed by atoms with van der Waals surface area (Å²) < 4.78 is 0. The van der Waals surface area contributed by atoms with Crippen molar-refractivity contribution in [2.24, 2.45) is 11.1 Å². The molecule has 2 fully saturated rings. The van der Waals surface area contributed by atoms with E-state index in [-0.39, 0.29) is 29.9 Å². The molecule has 3 N–H and O–H groups in total. The summed E-state index contributed by atoms with van der Waals surface area (Å²) >= 11 is 0. The highest BCUT2D eigenvalue weighted by Gasteiger charge is 2.73. The van der Waals surface area contributed by atoms with Crippen molar-refractivity contribution in [2.75, 3.05) is 0 Å². The summed E-state index contributed by atoms with van der Waals surface area (Å²) in [5, 5.41) is 5.70. The monoisotopic (exact) mass is 540 g/mol. The van der Waals surface area contributed by atoms with E-state index in [9.17, 15) is 9.59 Å². The number of primary amides is 1. The van der Waals surface area contributed by atoms with Gasteiger partial charge in [-0.1, -0.05) is 97.1 Å². The van der Waals surface area contributed by atoms with Crippen molar-refractivity contribution in [2.45, 2.75) is 49.6 Å². The van der Waals surface area contributed by atoms with Crippen LogP contribution in [0.15, 0.2) is 103 Å². The number of Topliss-reactive ketones (excluding diaryl/α,β-unsaturated/α-hetero) is 2. The summed E-state index contributed by atoms with van der Waals surface area (Å²) in [4.78, 5) is 42.2. The molecule has 0 bridgehead atoms. The molecule has 1 aliphatic heterocycles. The van der Waals surface area contributed by atoms with Crippen molar-refractivity contribution in [3.8, 4) is 0 Å². The first kappa shape index (κ1) is 25.6. The molecule has 0 radical (unpaired) electrons. The van der Waals surface area contributed by atoms with E-state index in [0.717, 1.165) is 39.5 Å². The number of hydrogen-bond acceptors (Lipinski definition) is 4. The predicted molar refractivity (Wildman–Crippen MR) is 160 cm³/mol. The number of amides is 1. The average Bonchev–Trinajstić information content (AvgIpc) is 3.42. The summed E-state index contributed by atoms with van der Waals surface area (Å²) in [6.45, 7) is 0. The quantitative estimate of drug-likeness (QED) is 0.301. The topological polar surface area (TPSA) is 89.3 Å². The number of carbonyl (C=O) groups is 3. The molecule has 1 saturated heterocycles. The van der Waals surface area contributed by atoms with E-state index in [1.165, 1.54) is 0 Å². The van der Waals surface area contributed by atoms with Crippen LogP contribution in [0.1, 0.15) is 65.1 Å². The van der Waals surface area contributed by atoms with Gasteiger partial charge in [-0.3, -0.25) is 19.7 Å². The SMILES string of the molecule is NC(=O)CCC1N[C@@]2(C(=O)c3cccc4cccc2c34)[C@@]2(CCC/C(=C\c3ccccc3)C2=O)[C@H]1c1ccccc1. The van der Waals surface area contributed by atoms with Gasteiger partial charge in [-0.2, -0.15) is 0 Å². The summed E-state index contributed by atoms with van der Waals surface area (Å²) in [5.74, 6) is -0.755. The van der Waals surface area contributed by atoms with Crippen molar-refractivity contribution in [1.29, 1.82) is 0 Å². The molecule has 4 aromatic carbocycles. The fraction of sp³-hybridized carbons (Fsp3) is 0.250. The van der Waals surface area contributed by atoms with E-state index in [2.05, 4.69) is 17.4 Å². The van der Waals surface area contributed by atoms with Crippen molar-refractivity contribution in [3.05, 3.63) is 125 Å². The molecule has 4 atom stereocenters. The summed E-state index contributed by atoms with van der Waals surface area (Å²) in [7, 11) is 0. The molecule has 5 nitrogen and oxygen atoms in total. The molecule has 1 unspecified atom stereocenters. The highest BCUT2D eigenvalue weighted by Crippen LogP contribution is 2.66. The van der Waals surface area contributed by atoms with Crippen LogP contribution < -0.4 is 11.1 Å². The van der Waals surface area contributed by atoms with Gasteiger partial charge >= 0.3 is 0 Å². The Hall–Kier alpha value is -4.35. The normalized spacial score (nSPS) is 27.9. The zero-order valence-corrected chi connectivity index (χ0v) is 22.8. The van der Waals surface area contributed by atoms with E-state index >= 15 is 4.79 Å². The smallest absolute Gasteiger partial charge is 0.217 e. The molecule has 7 rings (SSSR count). The van der Waals surface area contributed by atoms with Gasteiger partial charge in [0.1, 0.15) is 5.54 Å². The predicted octanol–water partition coefficient (Wildman–Crippen LogP) is 6.08. The number of nitrogens with two attached hydrogens (primary N) is 1. The molecular weight excluding hydrogens is 508 g/mol. The van der Waals surface area contributed by atoms with Crippen LogP contribution in [0.25, 0.3) is 16.8 Å². The third-order valence-electron chi connectivity index (χ3n) is 9.61. The lowest BCUT2D eigenvalue weighted by Gasteiger charge is -2.47. The average molecular weight is 541 g/mol. The lowest BCUT2D eigenvalue weighted by molar-refractivity contribution is -0.130. The van der Waals surface area contributed by atoms with Gasteiger partial charge in [-0.25, -0.2) is 0 Å². The first-order valence-corrected chi connectivity index (χ1v) is 14.5. The minimum Gasteiger partial charge on any atom is -0.370 e. The molecular formula is C36H32N2O3. The standard InChI is InChI=1S/C36H32N2O3/c37-30(39)20-19-29-32(25-12-5-2-6-13-25)35(21-9-16-26(33(35)40)22-23-10-3-1-4-11-23)36(38-29)28-18-8-15-24-14-7-17-27(31(24)28)34(36)41/h1-8,10-15,17-18,22,29,32,38H,9,16,19-21H2,(H2,37,39)/b26-22+/t29?,32-,35-,36-/m0/s1.